The van der Waals surface area contributed by atoms with E-state index >= 15 is 0 Å². The average Bonchev–Trinajstić information content (AvgIpc) is 2.13. The van der Waals surface area contributed by atoms with Gasteiger partial charge < -0.3 is 38.4 Å². The van der Waals surface area contributed by atoms with Crippen molar-refractivity contribution in [2.24, 2.45) is 4.99 Å². The minimum atomic E-state index is 0.335. The van der Waals surface area contributed by atoms with Crippen LogP contribution in [0.5, 0.6) is 34.5 Å². The highest BCUT2D eigenvalue weighted by Crippen LogP contribution is 2.54. The van der Waals surface area contributed by atoms with Crippen LogP contribution in [-0.4, -0.2) is 84.7 Å². The molecule has 0 spiro atoms. The van der Waals surface area contributed by atoms with Crippen LogP contribution in [0.1, 0.15) is 119 Å². The molecule has 5 heterocycles. The molecule has 10 aromatic rings. The number of fused-ring (bicyclic) bond motifs is 23. The summed E-state index contributed by atoms with van der Waals surface area (Å²) < 4.78 is 42.1. The van der Waals surface area contributed by atoms with Gasteiger partial charge in [-0.15, -0.1) is 0 Å². The summed E-state index contributed by atoms with van der Waals surface area (Å²) in [4.78, 5) is 45.5. The number of H-pyrrole nitrogens is 2. The largest absolute Gasteiger partial charge is 0.492 e. The third-order valence-electron chi connectivity index (χ3n) is 15.6. The molecule has 15 nitrogen and oxygen atoms in total. The van der Waals surface area contributed by atoms with E-state index in [0.29, 0.717) is 170 Å². The smallest absolute Gasteiger partial charge is 0.168 e. The number of ether oxygens (including phenoxy) is 6. The quantitative estimate of drug-likeness (QED) is 0.0314. The summed E-state index contributed by atoms with van der Waals surface area (Å²) in [7, 11) is 0. The molecule has 0 saturated carbocycles. The number of rotatable bonds is 25. The van der Waals surface area contributed by atoms with Crippen LogP contribution in [0.3, 0.4) is 0 Å². The normalized spacial score (nSPS) is 11.8. The van der Waals surface area contributed by atoms with Gasteiger partial charge in [-0.25, -0.2) is 29.9 Å². The molecule has 0 atom stereocenters. The zero-order chi connectivity index (χ0) is 58.4. The molecule has 12 rings (SSSR count). The Labute approximate surface area is 499 Å². The summed E-state index contributed by atoms with van der Waals surface area (Å²) in [5.74, 6) is 5.28. The molecule has 2 N–H and O–H groups in total. The van der Waals surface area contributed by atoms with Crippen LogP contribution in [0, 0.1) is 0 Å². The number of hydrogen-bond donors (Lipinski definition) is 2. The SMILES string of the molecule is CCCCOc1c2c(c(OCCCC)c3ccccc13)-c1nc-2nc2nc(nc3[nH]c(nc4[nH]c(n1)c1c(OCCCC)c5ccccc5c(OCCCC)c41)c1c(OCCCC)c4ccccc4c(OCCCC)c31)-c1ccc(N=C=S)cc1-2. The lowest BCUT2D eigenvalue weighted by Gasteiger charge is -2.18. The highest BCUT2D eigenvalue weighted by Gasteiger charge is 2.34. The van der Waals surface area contributed by atoms with Gasteiger partial charge in [-0.1, -0.05) is 153 Å². The fourth-order valence-electron chi connectivity index (χ4n) is 11.3. The van der Waals surface area contributed by atoms with Crippen molar-refractivity contribution in [1.82, 2.24) is 39.9 Å². The predicted molar refractivity (Wildman–Crippen MR) is 346 cm³/mol. The minimum absolute atomic E-state index is 0.335. The van der Waals surface area contributed by atoms with Crippen LogP contribution in [0.25, 0.3) is 122 Å². The van der Waals surface area contributed by atoms with E-state index < -0.39 is 0 Å². The number of benzene rings is 7. The number of isothiocyanates is 1. The Morgan fingerprint density at radius 3 is 1.05 bits per heavy atom. The van der Waals surface area contributed by atoms with Gasteiger partial charge in [0.25, 0.3) is 0 Å². The van der Waals surface area contributed by atoms with E-state index in [0.717, 1.165) is 109 Å². The van der Waals surface area contributed by atoms with Crippen molar-refractivity contribution >= 4 is 99.5 Å². The fourth-order valence-corrected chi connectivity index (χ4v) is 11.4. The lowest BCUT2D eigenvalue weighted by atomic mass is 9.98. The molecule has 0 unspecified atom stereocenters. The van der Waals surface area contributed by atoms with Gasteiger partial charge >= 0.3 is 0 Å². The molecule has 16 heteroatoms. The molecular formula is C69H71N9O6S. The predicted octanol–water partition coefficient (Wildman–Crippen LogP) is 18.1. The summed E-state index contributed by atoms with van der Waals surface area (Å²) in [6.45, 7) is 15.7. The van der Waals surface area contributed by atoms with E-state index in [-0.39, 0.29) is 0 Å². The van der Waals surface area contributed by atoms with Gasteiger partial charge in [-0.2, -0.15) is 4.99 Å². The zero-order valence-corrected chi connectivity index (χ0v) is 50.2. The highest BCUT2D eigenvalue weighted by atomic mass is 32.1. The molecule has 0 amide bonds. The Morgan fingerprint density at radius 2 is 0.671 bits per heavy atom. The first-order valence-electron chi connectivity index (χ1n) is 30.5. The van der Waals surface area contributed by atoms with Gasteiger partial charge in [0, 0.05) is 43.4 Å². The van der Waals surface area contributed by atoms with E-state index in [9.17, 15) is 0 Å². The first-order valence-corrected chi connectivity index (χ1v) is 30.9. The van der Waals surface area contributed by atoms with Crippen molar-refractivity contribution in [3.8, 4) is 80.0 Å². The van der Waals surface area contributed by atoms with Crippen molar-refractivity contribution in [3.63, 3.8) is 0 Å². The molecule has 0 fully saturated rings. The summed E-state index contributed by atoms with van der Waals surface area (Å²) >= 11 is 5.16. The Morgan fingerprint density at radius 1 is 0.365 bits per heavy atom. The second kappa shape index (κ2) is 25.6. The number of aromatic nitrogens is 8. The van der Waals surface area contributed by atoms with Gasteiger partial charge in [0.2, 0.25) is 0 Å². The van der Waals surface area contributed by atoms with Crippen LogP contribution in [-0.2, 0) is 0 Å². The first kappa shape index (κ1) is 56.7. The summed E-state index contributed by atoms with van der Waals surface area (Å²) in [5.41, 5.74) is 5.09. The summed E-state index contributed by atoms with van der Waals surface area (Å²) in [5, 5.41) is 10.6. The highest BCUT2D eigenvalue weighted by molar-refractivity contribution is 7.78. The van der Waals surface area contributed by atoms with Crippen LogP contribution in [0.2, 0.25) is 0 Å². The van der Waals surface area contributed by atoms with Crippen molar-refractivity contribution < 1.29 is 28.4 Å². The molecule has 2 aliphatic rings. The summed E-state index contributed by atoms with van der Waals surface area (Å²) in [6, 6.07) is 30.5. The molecule has 3 aromatic heterocycles. The lowest BCUT2D eigenvalue weighted by molar-refractivity contribution is 0.308. The lowest BCUT2D eigenvalue weighted by Crippen LogP contribution is -2.04. The van der Waals surface area contributed by atoms with Crippen LogP contribution in [0.4, 0.5) is 5.69 Å². The van der Waals surface area contributed by atoms with Gasteiger partial charge in [0.05, 0.1) is 83.2 Å². The van der Waals surface area contributed by atoms with Crippen LogP contribution in [0.15, 0.2) is 96.0 Å². The van der Waals surface area contributed by atoms with E-state index in [1.807, 2.05) is 54.6 Å². The maximum atomic E-state index is 7.07. The van der Waals surface area contributed by atoms with E-state index in [1.54, 1.807) is 0 Å². The van der Waals surface area contributed by atoms with Crippen LogP contribution >= 0.6 is 12.2 Å². The van der Waals surface area contributed by atoms with E-state index in [1.165, 1.54) is 0 Å². The number of unbranched alkanes of at least 4 members (excludes halogenated alkanes) is 6. The van der Waals surface area contributed by atoms with E-state index in [4.69, 9.17) is 70.5 Å². The number of hydrogen-bond acceptors (Lipinski definition) is 14. The third kappa shape index (κ3) is 10.7. The molecule has 85 heavy (non-hydrogen) atoms. The topological polar surface area (TPSA) is 177 Å². The molecule has 0 radical (unpaired) electrons. The maximum absolute atomic E-state index is 7.07. The number of thiocarbonyl (C=S) groups is 1. The molecule has 434 valence electrons. The Kier molecular flexibility index (Phi) is 17.1. The zero-order valence-electron chi connectivity index (χ0n) is 49.4. The second-order valence-corrected chi connectivity index (χ2v) is 21.8. The van der Waals surface area contributed by atoms with Crippen molar-refractivity contribution in [1.29, 1.82) is 0 Å². The minimum Gasteiger partial charge on any atom is -0.492 e. The molecule has 0 saturated heterocycles. The Balaban J connectivity index is 1.35. The van der Waals surface area contributed by atoms with Gasteiger partial charge in [0.15, 0.2) is 23.3 Å². The van der Waals surface area contributed by atoms with E-state index in [2.05, 4.69) is 98.1 Å². The summed E-state index contributed by atoms with van der Waals surface area (Å²) in [6.07, 6.45) is 10.6. The second-order valence-electron chi connectivity index (χ2n) is 21.6. The molecule has 7 aromatic carbocycles. The Bertz CT molecular complexity index is 4400. The monoisotopic (exact) mass is 1150 g/mol. The first-order chi connectivity index (χ1) is 41.9. The number of aromatic amines is 2. The third-order valence-corrected chi connectivity index (χ3v) is 15.7. The van der Waals surface area contributed by atoms with Crippen LogP contribution < -0.4 is 28.4 Å². The average molecular weight is 1150 g/mol. The fraction of sp³-hybridized carbons (Fsp3) is 0.348. The van der Waals surface area contributed by atoms with Gasteiger partial charge in [0.1, 0.15) is 57.1 Å². The number of nitrogens with zero attached hydrogens (tertiary/aromatic N) is 7. The van der Waals surface area contributed by atoms with Gasteiger partial charge in [-0.3, -0.25) is 0 Å². The molecule has 0 aliphatic carbocycles. The Hall–Kier alpha value is -8.72. The molecule has 2 aliphatic heterocycles. The van der Waals surface area contributed by atoms with Gasteiger partial charge in [-0.05, 0) is 68.9 Å². The molecule has 8 bridgehead atoms. The van der Waals surface area contributed by atoms with Crippen molar-refractivity contribution in [3.05, 3.63) is 91.0 Å². The molecular weight excluding hydrogens is 1080 g/mol. The van der Waals surface area contributed by atoms with Crippen molar-refractivity contribution in [2.75, 3.05) is 39.6 Å². The maximum Gasteiger partial charge on any atom is 0.168 e. The number of aliphatic imine (C=N–C) groups is 1. The standard InChI is InChI=1S/C69H71N9O6S/c1-7-13-33-79-56-42-25-19-21-27-44(42)58(81-35-15-9-3)52-50(56)64-72-62-48-32-31-41(70-40-85)39-49(48)63(71-62)73-65-51-53(59(82-36-16-10-4)45-28-22-20-26-43(45)57(51)80-34-14-8-2)67(75-65)77-69-55-54(68(78-69)76-66(52)74-64)60(83-37-17-11-5)46-29-23-24-30-47(46)61(55)84-38-18-12-6/h19-32,39H,7-18,33-38H2,1-6H3,(H2,71,72,73,74,75,76,77,78). The van der Waals surface area contributed by atoms with Crippen molar-refractivity contribution in [2.45, 2.75) is 119 Å². The number of nitrogens with one attached hydrogen (secondary N) is 2.